The number of tetrazole rings is 1. The Morgan fingerprint density at radius 2 is 1.68 bits per heavy atom. The van der Waals surface area contributed by atoms with Crippen LogP contribution in [-0.4, -0.2) is 20.2 Å². The highest BCUT2D eigenvalue weighted by molar-refractivity contribution is 5.34. The Bertz CT molecular complexity index is 1020. The fourth-order valence-electron chi connectivity index (χ4n) is 2.93. The van der Waals surface area contributed by atoms with Crippen molar-refractivity contribution < 1.29 is 4.74 Å². The average Bonchev–Trinajstić information content (AvgIpc) is 3.21. The number of nitrogens with one attached hydrogen (secondary N) is 1. The predicted octanol–water partition coefficient (Wildman–Crippen LogP) is 4.31. The van der Waals surface area contributed by atoms with Crippen LogP contribution in [0.1, 0.15) is 24.1 Å². The van der Waals surface area contributed by atoms with Gasteiger partial charge in [-0.05, 0) is 52.7 Å². The zero-order valence-electron chi connectivity index (χ0n) is 15.6. The molecular formula is C22H21N5O. The zero-order valence-corrected chi connectivity index (χ0v) is 15.6. The van der Waals surface area contributed by atoms with Crippen LogP contribution < -0.4 is 10.1 Å². The largest absolute Gasteiger partial charge is 0.423 e. The van der Waals surface area contributed by atoms with Gasteiger partial charge in [-0.1, -0.05) is 65.8 Å². The summed E-state index contributed by atoms with van der Waals surface area (Å²) < 4.78 is 7.51. The molecule has 0 saturated carbocycles. The predicted molar refractivity (Wildman–Crippen MR) is 107 cm³/mol. The van der Waals surface area contributed by atoms with Gasteiger partial charge in [-0.15, -0.1) is 0 Å². The molecule has 0 aliphatic heterocycles. The van der Waals surface area contributed by atoms with E-state index < -0.39 is 0 Å². The second-order valence-electron chi connectivity index (χ2n) is 6.47. The van der Waals surface area contributed by atoms with E-state index in [9.17, 15) is 0 Å². The molecule has 0 bridgehead atoms. The first-order chi connectivity index (χ1) is 13.8. The number of rotatable bonds is 7. The lowest BCUT2D eigenvalue weighted by Crippen LogP contribution is -2.17. The Hall–Kier alpha value is -3.51. The van der Waals surface area contributed by atoms with Crippen LogP contribution in [0, 0.1) is 0 Å². The Kier molecular flexibility index (Phi) is 5.40. The van der Waals surface area contributed by atoms with Gasteiger partial charge < -0.3 is 10.1 Å². The molecule has 0 radical (unpaired) electrons. The molecule has 3 aromatic carbocycles. The molecule has 1 aromatic heterocycles. The minimum absolute atomic E-state index is 0.260. The van der Waals surface area contributed by atoms with Gasteiger partial charge in [0.05, 0.1) is 5.69 Å². The van der Waals surface area contributed by atoms with E-state index in [-0.39, 0.29) is 6.04 Å². The molecule has 6 heteroatoms. The summed E-state index contributed by atoms with van der Waals surface area (Å²) in [5, 5.41) is 15.3. The summed E-state index contributed by atoms with van der Waals surface area (Å²) in [6.45, 7) is 2.89. The summed E-state index contributed by atoms with van der Waals surface area (Å²) in [6, 6.07) is 28.6. The van der Waals surface area contributed by atoms with Crippen molar-refractivity contribution >= 4 is 0 Å². The topological polar surface area (TPSA) is 64.9 Å². The van der Waals surface area contributed by atoms with E-state index in [1.54, 1.807) is 4.68 Å². The molecule has 6 nitrogen and oxygen atoms in total. The van der Waals surface area contributed by atoms with Gasteiger partial charge in [0.1, 0.15) is 5.75 Å². The van der Waals surface area contributed by atoms with Gasteiger partial charge in [0, 0.05) is 12.6 Å². The lowest BCUT2D eigenvalue weighted by Gasteiger charge is -2.14. The van der Waals surface area contributed by atoms with Crippen molar-refractivity contribution in [2.24, 2.45) is 0 Å². The molecule has 0 aliphatic carbocycles. The normalized spacial score (nSPS) is 11.9. The van der Waals surface area contributed by atoms with Crippen LogP contribution in [0.5, 0.6) is 11.8 Å². The first-order valence-electron chi connectivity index (χ1n) is 9.18. The van der Waals surface area contributed by atoms with E-state index in [2.05, 4.69) is 58.1 Å². The zero-order chi connectivity index (χ0) is 19.2. The summed E-state index contributed by atoms with van der Waals surface area (Å²) in [4.78, 5) is 0. The average molecular weight is 371 g/mol. The highest BCUT2D eigenvalue weighted by Crippen LogP contribution is 2.22. The summed E-state index contributed by atoms with van der Waals surface area (Å²) in [6.07, 6.45) is 0. The van der Waals surface area contributed by atoms with Gasteiger partial charge in [-0.2, -0.15) is 4.68 Å². The van der Waals surface area contributed by atoms with Crippen LogP contribution >= 0.6 is 0 Å². The standard InChI is InChI=1S/C22H21N5O/c1-17(19-10-4-2-5-11-19)23-16-18-9-8-14-21(15-18)28-22-24-25-26-27(22)20-12-6-3-7-13-20/h2-15,17,23H,16H2,1H3. The summed E-state index contributed by atoms with van der Waals surface area (Å²) >= 11 is 0. The van der Waals surface area contributed by atoms with Crippen LogP contribution in [0.4, 0.5) is 0 Å². The lowest BCUT2D eigenvalue weighted by atomic mass is 10.1. The number of ether oxygens (including phenoxy) is 1. The Morgan fingerprint density at radius 3 is 2.46 bits per heavy atom. The highest BCUT2D eigenvalue weighted by atomic mass is 16.5. The molecule has 0 fully saturated rings. The highest BCUT2D eigenvalue weighted by Gasteiger charge is 2.11. The quantitative estimate of drug-likeness (QED) is 0.524. The first kappa shape index (κ1) is 17.9. The van der Waals surface area contributed by atoms with Crippen LogP contribution in [-0.2, 0) is 6.54 Å². The van der Waals surface area contributed by atoms with E-state index in [4.69, 9.17) is 4.74 Å². The SMILES string of the molecule is CC(NCc1cccc(Oc2nnnn2-c2ccccc2)c1)c1ccccc1. The molecule has 1 N–H and O–H groups in total. The van der Waals surface area contributed by atoms with E-state index in [0.29, 0.717) is 11.8 Å². The van der Waals surface area contributed by atoms with Gasteiger partial charge in [0.25, 0.3) is 0 Å². The fourth-order valence-corrected chi connectivity index (χ4v) is 2.93. The molecule has 0 aliphatic rings. The second-order valence-corrected chi connectivity index (χ2v) is 6.47. The third-order valence-corrected chi connectivity index (χ3v) is 4.46. The summed E-state index contributed by atoms with van der Waals surface area (Å²) in [5.74, 6) is 0.693. The third kappa shape index (κ3) is 4.24. The van der Waals surface area contributed by atoms with E-state index in [1.165, 1.54) is 5.56 Å². The Labute approximate surface area is 163 Å². The van der Waals surface area contributed by atoms with Crippen molar-refractivity contribution in [3.8, 4) is 17.4 Å². The van der Waals surface area contributed by atoms with Crippen molar-refractivity contribution in [3.63, 3.8) is 0 Å². The van der Waals surface area contributed by atoms with Crippen molar-refractivity contribution in [1.82, 2.24) is 25.5 Å². The maximum atomic E-state index is 5.94. The van der Waals surface area contributed by atoms with Crippen molar-refractivity contribution in [1.29, 1.82) is 0 Å². The molecule has 140 valence electrons. The van der Waals surface area contributed by atoms with Crippen molar-refractivity contribution in [2.75, 3.05) is 0 Å². The molecule has 0 spiro atoms. The minimum atomic E-state index is 0.260. The number of hydrogen-bond donors (Lipinski definition) is 1. The van der Waals surface area contributed by atoms with Crippen LogP contribution in [0.2, 0.25) is 0 Å². The van der Waals surface area contributed by atoms with E-state index in [1.807, 2.05) is 54.6 Å². The molecule has 0 saturated heterocycles. The Balaban J connectivity index is 1.44. The lowest BCUT2D eigenvalue weighted by molar-refractivity contribution is 0.426. The van der Waals surface area contributed by atoms with Gasteiger partial charge in [-0.25, -0.2) is 0 Å². The molecule has 4 rings (SSSR count). The molecule has 28 heavy (non-hydrogen) atoms. The number of aromatic nitrogens is 4. The number of hydrogen-bond acceptors (Lipinski definition) is 5. The number of para-hydroxylation sites is 1. The fraction of sp³-hybridized carbons (Fsp3) is 0.136. The maximum Gasteiger partial charge on any atom is 0.345 e. The van der Waals surface area contributed by atoms with Crippen molar-refractivity contribution in [2.45, 2.75) is 19.5 Å². The van der Waals surface area contributed by atoms with Crippen molar-refractivity contribution in [3.05, 3.63) is 96.1 Å². The van der Waals surface area contributed by atoms with E-state index in [0.717, 1.165) is 17.8 Å². The second kappa shape index (κ2) is 8.45. The van der Waals surface area contributed by atoms with Gasteiger partial charge in [0.15, 0.2) is 0 Å². The monoisotopic (exact) mass is 371 g/mol. The molecule has 4 aromatic rings. The smallest absolute Gasteiger partial charge is 0.345 e. The van der Waals surface area contributed by atoms with Crippen LogP contribution in [0.15, 0.2) is 84.9 Å². The molecular weight excluding hydrogens is 350 g/mol. The van der Waals surface area contributed by atoms with Gasteiger partial charge in [0.2, 0.25) is 0 Å². The molecule has 0 amide bonds. The maximum absolute atomic E-state index is 5.94. The van der Waals surface area contributed by atoms with Crippen LogP contribution in [0.25, 0.3) is 5.69 Å². The van der Waals surface area contributed by atoms with E-state index >= 15 is 0 Å². The van der Waals surface area contributed by atoms with Gasteiger partial charge in [-0.3, -0.25) is 0 Å². The molecule has 1 unspecified atom stereocenters. The molecule has 1 atom stereocenters. The van der Waals surface area contributed by atoms with Crippen LogP contribution in [0.3, 0.4) is 0 Å². The third-order valence-electron chi connectivity index (χ3n) is 4.46. The molecule has 1 heterocycles. The number of benzene rings is 3. The Morgan fingerprint density at radius 1 is 0.929 bits per heavy atom. The van der Waals surface area contributed by atoms with Gasteiger partial charge >= 0.3 is 6.01 Å². The minimum Gasteiger partial charge on any atom is -0.423 e. The number of nitrogens with zero attached hydrogens (tertiary/aromatic N) is 4. The summed E-state index contributed by atoms with van der Waals surface area (Å²) in [7, 11) is 0. The summed E-state index contributed by atoms with van der Waals surface area (Å²) in [5.41, 5.74) is 3.23. The first-order valence-corrected chi connectivity index (χ1v) is 9.18.